The monoisotopic (exact) mass is 441 g/mol. The van der Waals surface area contributed by atoms with E-state index in [1.165, 1.54) is 0 Å². The van der Waals surface area contributed by atoms with Crippen molar-refractivity contribution in [3.05, 3.63) is 65.2 Å². The molecule has 0 heterocycles. The number of benzene rings is 2. The summed E-state index contributed by atoms with van der Waals surface area (Å²) in [5.74, 6) is 0.237. The van der Waals surface area contributed by atoms with Crippen molar-refractivity contribution in [2.24, 2.45) is 0 Å². The van der Waals surface area contributed by atoms with Crippen LogP contribution in [0.3, 0.4) is 0 Å². The first-order chi connectivity index (χ1) is 14.8. The van der Waals surface area contributed by atoms with Gasteiger partial charge < -0.3 is 16.0 Å². The van der Waals surface area contributed by atoms with Crippen LogP contribution < -0.4 is 16.0 Å². The van der Waals surface area contributed by atoms with Gasteiger partial charge in [-0.1, -0.05) is 36.8 Å². The number of hydrogen-bond donors (Lipinski definition) is 3. The van der Waals surface area contributed by atoms with E-state index in [4.69, 9.17) is 0 Å². The van der Waals surface area contributed by atoms with E-state index in [1.54, 1.807) is 30.8 Å². The van der Waals surface area contributed by atoms with Crippen LogP contribution in [0.1, 0.15) is 54.2 Å². The highest BCUT2D eigenvalue weighted by Gasteiger charge is 2.23. The van der Waals surface area contributed by atoms with Crippen LogP contribution in [0, 0.1) is 6.92 Å². The lowest BCUT2D eigenvalue weighted by molar-refractivity contribution is -0.123. The number of amides is 3. The molecule has 7 heteroatoms. The quantitative estimate of drug-likeness (QED) is 0.519. The average Bonchev–Trinajstić information content (AvgIpc) is 2.76. The summed E-state index contributed by atoms with van der Waals surface area (Å²) in [6.07, 6.45) is 2.93. The topological polar surface area (TPSA) is 87.3 Å². The second-order valence-electron chi connectivity index (χ2n) is 7.43. The van der Waals surface area contributed by atoms with E-state index >= 15 is 0 Å². The first-order valence-corrected chi connectivity index (χ1v) is 11.8. The Morgan fingerprint density at radius 1 is 1.03 bits per heavy atom. The number of thioether (sulfide) groups is 1. The zero-order valence-corrected chi connectivity index (χ0v) is 19.3. The van der Waals surface area contributed by atoms with Crippen LogP contribution in [0.15, 0.2) is 48.5 Å². The van der Waals surface area contributed by atoms with Crippen LogP contribution in [0.25, 0.3) is 0 Å². The highest BCUT2D eigenvalue weighted by molar-refractivity contribution is 7.98. The Morgan fingerprint density at radius 3 is 2.35 bits per heavy atom. The highest BCUT2D eigenvalue weighted by Crippen LogP contribution is 2.17. The molecule has 2 aromatic rings. The fourth-order valence-electron chi connectivity index (χ4n) is 3.03. The molecule has 0 saturated heterocycles. The second kappa shape index (κ2) is 12.2. The lowest BCUT2D eigenvalue weighted by atomic mass is 10.1. The first-order valence-electron chi connectivity index (χ1n) is 10.4. The number of carbonyl (C=O) groups excluding carboxylic acids is 3. The molecule has 2 rings (SSSR count). The fourth-order valence-corrected chi connectivity index (χ4v) is 3.51. The number of nitrogens with one attached hydrogen (secondary N) is 3. The van der Waals surface area contributed by atoms with Crippen molar-refractivity contribution >= 4 is 35.2 Å². The van der Waals surface area contributed by atoms with Crippen molar-refractivity contribution in [3.63, 3.8) is 0 Å². The molecule has 2 atom stereocenters. The zero-order valence-electron chi connectivity index (χ0n) is 18.5. The van der Waals surface area contributed by atoms with Gasteiger partial charge in [0.15, 0.2) is 0 Å². The Kier molecular flexibility index (Phi) is 9.59. The van der Waals surface area contributed by atoms with E-state index < -0.39 is 6.04 Å². The number of hydrogen-bond acceptors (Lipinski definition) is 4. The largest absolute Gasteiger partial charge is 0.348 e. The van der Waals surface area contributed by atoms with Gasteiger partial charge in [-0.2, -0.15) is 11.8 Å². The van der Waals surface area contributed by atoms with E-state index in [-0.39, 0.29) is 23.8 Å². The zero-order chi connectivity index (χ0) is 22.8. The van der Waals surface area contributed by atoms with Crippen LogP contribution in [-0.2, 0) is 9.59 Å². The minimum atomic E-state index is -0.619. The molecule has 2 aromatic carbocycles. The van der Waals surface area contributed by atoms with Gasteiger partial charge in [0.25, 0.3) is 5.91 Å². The van der Waals surface area contributed by atoms with E-state index in [1.807, 2.05) is 56.5 Å². The smallest absolute Gasteiger partial charge is 0.251 e. The van der Waals surface area contributed by atoms with Gasteiger partial charge in [0.1, 0.15) is 6.04 Å². The van der Waals surface area contributed by atoms with Gasteiger partial charge >= 0.3 is 0 Å². The molecule has 0 aliphatic heterocycles. The van der Waals surface area contributed by atoms with E-state index in [9.17, 15) is 14.4 Å². The maximum atomic E-state index is 12.9. The minimum absolute atomic E-state index is 0.0462. The Labute approximate surface area is 188 Å². The van der Waals surface area contributed by atoms with Gasteiger partial charge in [-0.15, -0.1) is 0 Å². The molecule has 166 valence electrons. The van der Waals surface area contributed by atoms with Gasteiger partial charge in [0.2, 0.25) is 11.8 Å². The second-order valence-corrected chi connectivity index (χ2v) is 8.42. The molecule has 31 heavy (non-hydrogen) atoms. The molecule has 3 amide bonds. The summed E-state index contributed by atoms with van der Waals surface area (Å²) >= 11 is 1.63. The van der Waals surface area contributed by atoms with Crippen molar-refractivity contribution in [1.82, 2.24) is 10.6 Å². The molecule has 0 aromatic heterocycles. The van der Waals surface area contributed by atoms with Gasteiger partial charge in [-0.3, -0.25) is 14.4 Å². The Hall–Kier alpha value is -2.80. The molecule has 3 N–H and O–H groups in total. The van der Waals surface area contributed by atoms with Crippen molar-refractivity contribution in [2.45, 2.75) is 45.7 Å². The lowest BCUT2D eigenvalue weighted by Gasteiger charge is -2.22. The third-order valence-electron chi connectivity index (χ3n) is 4.89. The lowest BCUT2D eigenvalue weighted by Crippen LogP contribution is -2.47. The van der Waals surface area contributed by atoms with Gasteiger partial charge in [0.05, 0.1) is 6.04 Å². The minimum Gasteiger partial charge on any atom is -0.348 e. The molecular formula is C24H31N3O3S. The summed E-state index contributed by atoms with van der Waals surface area (Å²) in [6.45, 7) is 5.62. The molecular weight excluding hydrogens is 410 g/mol. The predicted molar refractivity (Wildman–Crippen MR) is 127 cm³/mol. The number of aryl methyl sites for hydroxylation is 1. The standard InChI is InChI=1S/C24H31N3O3S/c1-5-22(28)26-20-11-9-18(10-12-20)17(3)25-24(30)21(13-14-31-4)27-23(29)19-8-6-7-16(2)15-19/h6-12,15,17,21H,5,13-14H2,1-4H3,(H,25,30)(H,26,28)(H,27,29). The summed E-state index contributed by atoms with van der Waals surface area (Å²) in [6, 6.07) is 13.8. The van der Waals surface area contributed by atoms with Crippen molar-refractivity contribution < 1.29 is 14.4 Å². The molecule has 0 aliphatic rings. The van der Waals surface area contributed by atoms with Crippen molar-refractivity contribution in [2.75, 3.05) is 17.3 Å². The molecule has 0 radical (unpaired) electrons. The Morgan fingerprint density at radius 2 is 1.74 bits per heavy atom. The van der Waals surface area contributed by atoms with Crippen LogP contribution in [0.5, 0.6) is 0 Å². The predicted octanol–water partition coefficient (Wildman–Crippen LogP) is 4.07. The summed E-state index contributed by atoms with van der Waals surface area (Å²) in [7, 11) is 0. The summed E-state index contributed by atoms with van der Waals surface area (Å²) < 4.78 is 0. The molecule has 6 nitrogen and oxygen atoms in total. The summed E-state index contributed by atoms with van der Waals surface area (Å²) in [5.41, 5.74) is 3.17. The van der Waals surface area contributed by atoms with E-state index in [2.05, 4.69) is 16.0 Å². The van der Waals surface area contributed by atoms with Crippen LogP contribution >= 0.6 is 11.8 Å². The number of anilines is 1. The normalized spacial score (nSPS) is 12.5. The van der Waals surface area contributed by atoms with Crippen LogP contribution in [-0.4, -0.2) is 35.8 Å². The Balaban J connectivity index is 2.03. The fraction of sp³-hybridized carbons (Fsp3) is 0.375. The van der Waals surface area contributed by atoms with E-state index in [0.29, 0.717) is 18.4 Å². The molecule has 0 aliphatic carbocycles. The van der Waals surface area contributed by atoms with Crippen molar-refractivity contribution in [1.29, 1.82) is 0 Å². The maximum Gasteiger partial charge on any atom is 0.251 e. The molecule has 2 unspecified atom stereocenters. The van der Waals surface area contributed by atoms with E-state index in [0.717, 1.165) is 22.6 Å². The van der Waals surface area contributed by atoms with Crippen molar-refractivity contribution in [3.8, 4) is 0 Å². The van der Waals surface area contributed by atoms with Crippen LogP contribution in [0.4, 0.5) is 5.69 Å². The molecule has 0 bridgehead atoms. The number of carbonyl (C=O) groups is 3. The highest BCUT2D eigenvalue weighted by atomic mass is 32.2. The Bertz CT molecular complexity index is 899. The summed E-state index contributed by atoms with van der Waals surface area (Å²) in [4.78, 5) is 37.1. The molecule has 0 spiro atoms. The maximum absolute atomic E-state index is 12.9. The van der Waals surface area contributed by atoms with Crippen LogP contribution in [0.2, 0.25) is 0 Å². The SMILES string of the molecule is CCC(=O)Nc1ccc(C(C)NC(=O)C(CCSC)NC(=O)c2cccc(C)c2)cc1. The average molecular weight is 442 g/mol. The number of rotatable bonds is 10. The van der Waals surface area contributed by atoms with Gasteiger partial charge in [0, 0.05) is 17.7 Å². The first kappa shape index (κ1) is 24.5. The van der Waals surface area contributed by atoms with Gasteiger partial charge in [-0.05, 0) is 62.1 Å². The van der Waals surface area contributed by atoms with Gasteiger partial charge in [-0.25, -0.2) is 0 Å². The third kappa shape index (κ3) is 7.75. The summed E-state index contributed by atoms with van der Waals surface area (Å²) in [5, 5.41) is 8.68. The molecule has 0 fully saturated rings. The third-order valence-corrected chi connectivity index (χ3v) is 5.53. The molecule has 0 saturated carbocycles.